The van der Waals surface area contributed by atoms with Gasteiger partial charge in [-0.3, -0.25) is 4.90 Å². The van der Waals surface area contributed by atoms with E-state index < -0.39 is 6.10 Å². The number of anilines is 1. The minimum Gasteiger partial charge on any atom is -0.497 e. The lowest BCUT2D eigenvalue weighted by Crippen LogP contribution is -2.49. The maximum atomic E-state index is 10.3. The van der Waals surface area contributed by atoms with Gasteiger partial charge in [0.05, 0.1) is 7.11 Å². The van der Waals surface area contributed by atoms with Crippen LogP contribution in [0, 0.1) is 0 Å². The molecule has 0 aliphatic carbocycles. The summed E-state index contributed by atoms with van der Waals surface area (Å²) in [6, 6.07) is 16.3. The SMILES string of the molecule is CCc1ccc(OCC(O)CN2CCN(c3ccc(OC)cc3)CC2)cc1. The van der Waals surface area contributed by atoms with E-state index in [-0.39, 0.29) is 0 Å². The van der Waals surface area contributed by atoms with Gasteiger partial charge in [0.15, 0.2) is 0 Å². The predicted octanol–water partition coefficient (Wildman–Crippen LogP) is 2.82. The molecule has 1 aliphatic rings. The summed E-state index contributed by atoms with van der Waals surface area (Å²) in [6.07, 6.45) is 0.536. The van der Waals surface area contributed by atoms with Gasteiger partial charge in [0.1, 0.15) is 24.2 Å². The van der Waals surface area contributed by atoms with Crippen molar-refractivity contribution in [1.82, 2.24) is 4.90 Å². The standard InChI is InChI=1S/C22H30N2O3/c1-3-18-4-8-22(9-5-18)27-17-20(25)16-23-12-14-24(15-13-23)19-6-10-21(26-2)11-7-19/h4-11,20,25H,3,12-17H2,1-2H3. The molecule has 5 nitrogen and oxygen atoms in total. The highest BCUT2D eigenvalue weighted by atomic mass is 16.5. The van der Waals surface area contributed by atoms with Gasteiger partial charge >= 0.3 is 0 Å². The van der Waals surface area contributed by atoms with Gasteiger partial charge in [0.2, 0.25) is 0 Å². The van der Waals surface area contributed by atoms with Gasteiger partial charge in [0.25, 0.3) is 0 Å². The number of methoxy groups -OCH3 is 1. The van der Waals surface area contributed by atoms with Crippen molar-refractivity contribution in [2.24, 2.45) is 0 Å². The molecule has 0 spiro atoms. The number of benzene rings is 2. The lowest BCUT2D eigenvalue weighted by Gasteiger charge is -2.36. The molecule has 0 saturated carbocycles. The van der Waals surface area contributed by atoms with Gasteiger partial charge < -0.3 is 19.5 Å². The van der Waals surface area contributed by atoms with E-state index in [9.17, 15) is 5.11 Å². The number of piperazine rings is 1. The van der Waals surface area contributed by atoms with E-state index in [1.807, 2.05) is 24.3 Å². The first-order valence-electron chi connectivity index (χ1n) is 9.69. The number of hydrogen-bond acceptors (Lipinski definition) is 5. The number of hydrogen-bond donors (Lipinski definition) is 1. The van der Waals surface area contributed by atoms with Crippen LogP contribution in [-0.4, -0.2) is 62.6 Å². The van der Waals surface area contributed by atoms with E-state index in [0.717, 1.165) is 44.1 Å². The van der Waals surface area contributed by atoms with Crippen LogP contribution >= 0.6 is 0 Å². The average Bonchev–Trinajstić information content (AvgIpc) is 2.73. The molecule has 1 N–H and O–H groups in total. The number of aliphatic hydroxyl groups excluding tert-OH is 1. The molecule has 1 saturated heterocycles. The predicted molar refractivity (Wildman–Crippen MR) is 109 cm³/mol. The fourth-order valence-corrected chi connectivity index (χ4v) is 3.35. The van der Waals surface area contributed by atoms with Gasteiger partial charge in [-0.15, -0.1) is 0 Å². The third-order valence-electron chi connectivity index (χ3n) is 5.05. The largest absolute Gasteiger partial charge is 0.497 e. The number of ether oxygens (including phenoxy) is 2. The molecule has 0 amide bonds. The molecule has 3 rings (SSSR count). The van der Waals surface area contributed by atoms with Crippen molar-refractivity contribution in [1.29, 1.82) is 0 Å². The molecule has 1 atom stereocenters. The fourth-order valence-electron chi connectivity index (χ4n) is 3.35. The highest BCUT2D eigenvalue weighted by Gasteiger charge is 2.19. The summed E-state index contributed by atoms with van der Waals surface area (Å²) in [6.45, 7) is 6.89. The van der Waals surface area contributed by atoms with Crippen molar-refractivity contribution in [3.8, 4) is 11.5 Å². The van der Waals surface area contributed by atoms with E-state index in [1.165, 1.54) is 11.3 Å². The molecule has 2 aromatic carbocycles. The maximum absolute atomic E-state index is 10.3. The normalized spacial score (nSPS) is 16.2. The molecule has 1 aliphatic heterocycles. The summed E-state index contributed by atoms with van der Waals surface area (Å²) in [7, 11) is 1.68. The summed E-state index contributed by atoms with van der Waals surface area (Å²) in [5.74, 6) is 1.69. The Hall–Kier alpha value is -2.24. The molecule has 0 aromatic heterocycles. The lowest BCUT2D eigenvalue weighted by atomic mass is 10.2. The van der Waals surface area contributed by atoms with Crippen LogP contribution in [-0.2, 0) is 6.42 Å². The smallest absolute Gasteiger partial charge is 0.119 e. The zero-order chi connectivity index (χ0) is 19.1. The second kappa shape index (κ2) is 9.62. The van der Waals surface area contributed by atoms with Crippen LogP contribution in [0.2, 0.25) is 0 Å². The van der Waals surface area contributed by atoms with E-state index >= 15 is 0 Å². The summed E-state index contributed by atoms with van der Waals surface area (Å²) in [5.41, 5.74) is 2.51. The molecule has 1 heterocycles. The van der Waals surface area contributed by atoms with Crippen molar-refractivity contribution >= 4 is 5.69 Å². The average molecular weight is 370 g/mol. The van der Waals surface area contributed by atoms with Crippen molar-refractivity contribution in [3.05, 3.63) is 54.1 Å². The molecule has 0 radical (unpaired) electrons. The molecule has 2 aromatic rings. The zero-order valence-corrected chi connectivity index (χ0v) is 16.3. The first-order chi connectivity index (χ1) is 13.2. The van der Waals surface area contributed by atoms with Gasteiger partial charge in [-0.05, 0) is 48.4 Å². The Kier molecular flexibility index (Phi) is 6.96. The summed E-state index contributed by atoms with van der Waals surface area (Å²) >= 11 is 0. The number of aliphatic hydroxyl groups is 1. The Bertz CT molecular complexity index is 680. The number of β-amino-alcohol motifs (C(OH)–C–C–N with tert-alkyl or cyclic N) is 1. The quantitative estimate of drug-likeness (QED) is 0.774. The van der Waals surface area contributed by atoms with Crippen LogP contribution in [0.15, 0.2) is 48.5 Å². The first-order valence-corrected chi connectivity index (χ1v) is 9.69. The molecule has 146 valence electrons. The second-order valence-corrected chi connectivity index (χ2v) is 6.95. The van der Waals surface area contributed by atoms with Crippen LogP contribution in [0.3, 0.4) is 0 Å². The highest BCUT2D eigenvalue weighted by Crippen LogP contribution is 2.20. The lowest BCUT2D eigenvalue weighted by molar-refractivity contribution is 0.0663. The molecule has 5 heteroatoms. The molecule has 0 bridgehead atoms. The van der Waals surface area contributed by atoms with Crippen LogP contribution in [0.5, 0.6) is 11.5 Å². The third kappa shape index (κ3) is 5.62. The first kappa shape index (κ1) is 19.5. The zero-order valence-electron chi connectivity index (χ0n) is 16.3. The summed E-state index contributed by atoms with van der Waals surface area (Å²) in [4.78, 5) is 4.67. The Labute approximate surface area is 162 Å². The van der Waals surface area contributed by atoms with E-state index in [0.29, 0.717) is 13.2 Å². The fraction of sp³-hybridized carbons (Fsp3) is 0.455. The van der Waals surface area contributed by atoms with Gasteiger partial charge in [-0.2, -0.15) is 0 Å². The number of aryl methyl sites for hydroxylation is 1. The Morgan fingerprint density at radius 2 is 1.56 bits per heavy atom. The minimum atomic E-state index is -0.483. The third-order valence-corrected chi connectivity index (χ3v) is 5.05. The Morgan fingerprint density at radius 1 is 0.926 bits per heavy atom. The van der Waals surface area contributed by atoms with E-state index in [2.05, 4.69) is 41.0 Å². The van der Waals surface area contributed by atoms with Crippen LogP contribution in [0.4, 0.5) is 5.69 Å². The topological polar surface area (TPSA) is 45.2 Å². The van der Waals surface area contributed by atoms with Crippen molar-refractivity contribution < 1.29 is 14.6 Å². The van der Waals surface area contributed by atoms with Crippen LogP contribution < -0.4 is 14.4 Å². The Morgan fingerprint density at radius 3 is 2.15 bits per heavy atom. The second-order valence-electron chi connectivity index (χ2n) is 6.95. The highest BCUT2D eigenvalue weighted by molar-refractivity contribution is 5.49. The van der Waals surface area contributed by atoms with Crippen LogP contribution in [0.1, 0.15) is 12.5 Å². The van der Waals surface area contributed by atoms with E-state index in [4.69, 9.17) is 9.47 Å². The van der Waals surface area contributed by atoms with Gasteiger partial charge in [-0.1, -0.05) is 19.1 Å². The van der Waals surface area contributed by atoms with Crippen LogP contribution in [0.25, 0.3) is 0 Å². The molecule has 1 unspecified atom stereocenters. The minimum absolute atomic E-state index is 0.324. The number of rotatable bonds is 8. The van der Waals surface area contributed by atoms with Gasteiger partial charge in [-0.25, -0.2) is 0 Å². The Balaban J connectivity index is 1.40. The molecule has 1 fully saturated rings. The molecule has 27 heavy (non-hydrogen) atoms. The number of nitrogens with zero attached hydrogens (tertiary/aromatic N) is 2. The monoisotopic (exact) mass is 370 g/mol. The van der Waals surface area contributed by atoms with Crippen molar-refractivity contribution in [2.45, 2.75) is 19.4 Å². The molecular formula is C22H30N2O3. The van der Waals surface area contributed by atoms with Crippen molar-refractivity contribution in [2.75, 3.05) is 51.3 Å². The van der Waals surface area contributed by atoms with Crippen molar-refractivity contribution in [3.63, 3.8) is 0 Å². The summed E-state index contributed by atoms with van der Waals surface area (Å²) in [5, 5.41) is 10.3. The van der Waals surface area contributed by atoms with E-state index in [1.54, 1.807) is 7.11 Å². The summed E-state index contributed by atoms with van der Waals surface area (Å²) < 4.78 is 10.9. The van der Waals surface area contributed by atoms with Gasteiger partial charge in [0, 0.05) is 38.4 Å². The molecular weight excluding hydrogens is 340 g/mol. The maximum Gasteiger partial charge on any atom is 0.119 e.